The molecule has 1 heterocycles. The minimum Gasteiger partial charge on any atom is -0.358 e. The second-order valence-corrected chi connectivity index (χ2v) is 4.33. The van der Waals surface area contributed by atoms with Gasteiger partial charge < -0.3 is 4.90 Å². The molecular weight excluding hydrogens is 212 g/mol. The number of hydrogen-bond acceptors (Lipinski definition) is 3. The molecule has 0 amide bonds. The molecule has 0 N–H and O–H groups in total. The second kappa shape index (κ2) is 3.62. The van der Waals surface area contributed by atoms with E-state index in [1.807, 2.05) is 25.9 Å². The number of halogens is 1. The average Bonchev–Trinajstić information content (AvgIpc) is 2.34. The van der Waals surface area contributed by atoms with Crippen molar-refractivity contribution in [1.82, 2.24) is 4.90 Å². The SMILES string of the molecule is CN(C)C1=NCC(CBr)S1. The van der Waals surface area contributed by atoms with E-state index in [4.69, 9.17) is 0 Å². The Kier molecular flexibility index (Phi) is 3.04. The fourth-order valence-corrected chi connectivity index (χ4v) is 2.20. The van der Waals surface area contributed by atoms with Crippen LogP contribution in [0.15, 0.2) is 4.99 Å². The number of nitrogens with zero attached hydrogens (tertiary/aromatic N) is 2. The van der Waals surface area contributed by atoms with Crippen LogP contribution in [0.2, 0.25) is 0 Å². The van der Waals surface area contributed by atoms with Gasteiger partial charge in [0.25, 0.3) is 0 Å². The first-order valence-electron chi connectivity index (χ1n) is 3.18. The summed E-state index contributed by atoms with van der Waals surface area (Å²) < 4.78 is 0. The van der Waals surface area contributed by atoms with Gasteiger partial charge in [0.2, 0.25) is 0 Å². The molecule has 0 aromatic heterocycles. The highest BCUT2D eigenvalue weighted by molar-refractivity contribution is 9.09. The summed E-state index contributed by atoms with van der Waals surface area (Å²) in [6.45, 7) is 0.962. The Morgan fingerprint density at radius 2 is 2.50 bits per heavy atom. The molecule has 0 spiro atoms. The van der Waals surface area contributed by atoms with E-state index in [9.17, 15) is 0 Å². The van der Waals surface area contributed by atoms with Crippen LogP contribution in [-0.2, 0) is 0 Å². The van der Waals surface area contributed by atoms with E-state index in [2.05, 4.69) is 25.8 Å². The summed E-state index contributed by atoms with van der Waals surface area (Å²) in [6, 6.07) is 0. The molecule has 0 bridgehead atoms. The van der Waals surface area contributed by atoms with Crippen LogP contribution in [0.4, 0.5) is 0 Å². The second-order valence-electron chi connectivity index (χ2n) is 2.41. The lowest BCUT2D eigenvalue weighted by Gasteiger charge is -2.10. The molecule has 0 aromatic rings. The summed E-state index contributed by atoms with van der Waals surface area (Å²) in [5, 5.41) is 2.85. The van der Waals surface area contributed by atoms with Crippen molar-refractivity contribution in [2.75, 3.05) is 26.0 Å². The van der Waals surface area contributed by atoms with Crippen LogP contribution in [0, 0.1) is 0 Å². The van der Waals surface area contributed by atoms with Gasteiger partial charge in [-0.1, -0.05) is 27.7 Å². The first kappa shape index (κ1) is 8.40. The van der Waals surface area contributed by atoms with Gasteiger partial charge in [-0.05, 0) is 0 Å². The van der Waals surface area contributed by atoms with Crippen molar-refractivity contribution >= 4 is 32.9 Å². The Bertz CT molecular complexity index is 147. The molecule has 0 aliphatic carbocycles. The molecule has 4 heteroatoms. The lowest BCUT2D eigenvalue weighted by Crippen LogP contribution is -2.17. The lowest BCUT2D eigenvalue weighted by atomic mass is 10.5. The smallest absolute Gasteiger partial charge is 0.159 e. The standard InChI is InChI=1S/C6H11BrN2S/c1-9(2)6-8-4-5(3-7)10-6/h5H,3-4H2,1-2H3. The maximum Gasteiger partial charge on any atom is 0.159 e. The van der Waals surface area contributed by atoms with Gasteiger partial charge in [0.1, 0.15) is 0 Å². The normalized spacial score (nSPS) is 24.7. The van der Waals surface area contributed by atoms with Crippen molar-refractivity contribution in [1.29, 1.82) is 0 Å². The maximum atomic E-state index is 4.36. The number of amidine groups is 1. The van der Waals surface area contributed by atoms with Gasteiger partial charge in [-0.15, -0.1) is 0 Å². The molecule has 0 saturated heterocycles. The zero-order chi connectivity index (χ0) is 7.56. The average molecular weight is 223 g/mol. The fraction of sp³-hybridized carbons (Fsp3) is 0.833. The molecule has 0 aromatic carbocycles. The monoisotopic (exact) mass is 222 g/mol. The van der Waals surface area contributed by atoms with Crippen molar-refractivity contribution in [3.63, 3.8) is 0 Å². The van der Waals surface area contributed by atoms with Gasteiger partial charge in [0.15, 0.2) is 5.17 Å². The third kappa shape index (κ3) is 1.89. The van der Waals surface area contributed by atoms with Gasteiger partial charge in [0, 0.05) is 24.7 Å². The Morgan fingerprint density at radius 1 is 1.80 bits per heavy atom. The summed E-state index contributed by atoms with van der Waals surface area (Å²) >= 11 is 5.29. The highest BCUT2D eigenvalue weighted by Crippen LogP contribution is 2.23. The topological polar surface area (TPSA) is 15.6 Å². The molecule has 1 atom stereocenters. The van der Waals surface area contributed by atoms with Crippen molar-refractivity contribution in [3.8, 4) is 0 Å². The van der Waals surface area contributed by atoms with Crippen LogP contribution in [-0.4, -0.2) is 41.3 Å². The molecule has 58 valence electrons. The Hall–Kier alpha value is 0.300. The highest BCUT2D eigenvalue weighted by Gasteiger charge is 2.18. The first-order valence-corrected chi connectivity index (χ1v) is 5.18. The van der Waals surface area contributed by atoms with Gasteiger partial charge in [-0.25, -0.2) is 0 Å². The van der Waals surface area contributed by atoms with Crippen molar-refractivity contribution in [2.24, 2.45) is 4.99 Å². The third-order valence-electron chi connectivity index (χ3n) is 1.26. The minimum absolute atomic E-state index is 0.650. The fourth-order valence-electron chi connectivity index (χ4n) is 0.731. The summed E-state index contributed by atoms with van der Waals surface area (Å²) in [4.78, 5) is 6.43. The minimum atomic E-state index is 0.650. The summed E-state index contributed by atoms with van der Waals surface area (Å²) in [6.07, 6.45) is 0. The van der Waals surface area contributed by atoms with E-state index in [1.54, 1.807) is 0 Å². The Balaban J connectivity index is 2.39. The summed E-state index contributed by atoms with van der Waals surface area (Å²) in [5.74, 6) is 0. The van der Waals surface area contributed by atoms with Crippen LogP contribution in [0.3, 0.4) is 0 Å². The molecule has 2 nitrogen and oxygen atoms in total. The first-order chi connectivity index (χ1) is 4.74. The molecular formula is C6H11BrN2S. The largest absolute Gasteiger partial charge is 0.358 e. The van der Waals surface area contributed by atoms with Crippen molar-refractivity contribution < 1.29 is 0 Å². The number of rotatable bonds is 1. The summed E-state index contributed by atoms with van der Waals surface area (Å²) in [5.41, 5.74) is 0. The Morgan fingerprint density at radius 3 is 2.80 bits per heavy atom. The molecule has 1 unspecified atom stereocenters. The number of aliphatic imine (C=N–C) groups is 1. The zero-order valence-corrected chi connectivity index (χ0v) is 8.57. The van der Waals surface area contributed by atoms with Crippen LogP contribution < -0.4 is 0 Å². The Labute approximate surface area is 74.2 Å². The van der Waals surface area contributed by atoms with E-state index in [0.29, 0.717) is 5.25 Å². The predicted molar refractivity (Wildman–Crippen MR) is 51.2 cm³/mol. The van der Waals surface area contributed by atoms with Crippen molar-refractivity contribution in [3.05, 3.63) is 0 Å². The van der Waals surface area contributed by atoms with Crippen LogP contribution >= 0.6 is 27.7 Å². The van der Waals surface area contributed by atoms with Crippen LogP contribution in [0.5, 0.6) is 0 Å². The summed E-state index contributed by atoms with van der Waals surface area (Å²) in [7, 11) is 4.06. The number of thioether (sulfide) groups is 1. The molecule has 1 aliphatic heterocycles. The molecule has 0 radical (unpaired) electrons. The molecule has 0 saturated carbocycles. The number of alkyl halides is 1. The quantitative estimate of drug-likeness (QED) is 0.624. The van der Waals surface area contributed by atoms with Gasteiger partial charge in [-0.3, -0.25) is 4.99 Å². The lowest BCUT2D eigenvalue weighted by molar-refractivity contribution is 0.635. The number of hydrogen-bond donors (Lipinski definition) is 0. The van der Waals surface area contributed by atoms with Gasteiger partial charge >= 0.3 is 0 Å². The molecule has 10 heavy (non-hydrogen) atoms. The van der Waals surface area contributed by atoms with E-state index < -0.39 is 0 Å². The van der Waals surface area contributed by atoms with E-state index in [0.717, 1.165) is 17.0 Å². The zero-order valence-electron chi connectivity index (χ0n) is 6.17. The molecule has 0 fully saturated rings. The molecule has 1 aliphatic rings. The van der Waals surface area contributed by atoms with Gasteiger partial charge in [0.05, 0.1) is 6.54 Å². The van der Waals surface area contributed by atoms with Gasteiger partial charge in [-0.2, -0.15) is 0 Å². The third-order valence-corrected chi connectivity index (χ3v) is 3.82. The molecule has 1 rings (SSSR count). The van der Waals surface area contributed by atoms with Crippen LogP contribution in [0.25, 0.3) is 0 Å². The predicted octanol–water partition coefficient (Wildman–Crippen LogP) is 1.41. The van der Waals surface area contributed by atoms with E-state index in [-0.39, 0.29) is 0 Å². The van der Waals surface area contributed by atoms with E-state index >= 15 is 0 Å². The van der Waals surface area contributed by atoms with E-state index in [1.165, 1.54) is 0 Å². The highest BCUT2D eigenvalue weighted by atomic mass is 79.9. The maximum absolute atomic E-state index is 4.36. The van der Waals surface area contributed by atoms with Crippen LogP contribution in [0.1, 0.15) is 0 Å². The van der Waals surface area contributed by atoms with Crippen molar-refractivity contribution in [2.45, 2.75) is 5.25 Å².